The van der Waals surface area contributed by atoms with Crippen LogP contribution >= 0.6 is 0 Å². The second-order valence-corrected chi connectivity index (χ2v) is 7.04. The number of aromatic amines is 1. The Kier molecular flexibility index (Phi) is 5.19. The number of hydrogen-bond donors (Lipinski definition) is 3. The maximum absolute atomic E-state index is 10.5. The number of amides is 1. The van der Waals surface area contributed by atoms with Crippen molar-refractivity contribution in [3.8, 4) is 22.6 Å². The zero-order valence-electron chi connectivity index (χ0n) is 15.2. The third kappa shape index (κ3) is 4.19. The van der Waals surface area contributed by atoms with Gasteiger partial charge in [0, 0.05) is 23.0 Å². The number of nitrogens with zero attached hydrogens (tertiary/aromatic N) is 1. The number of carbonyl (C=O) groups is 1. The highest BCUT2D eigenvalue weighted by Crippen LogP contribution is 2.26. The number of nitrogens with one attached hydrogen (secondary N) is 3. The van der Waals surface area contributed by atoms with Gasteiger partial charge in [-0.3, -0.25) is 4.79 Å². The van der Waals surface area contributed by atoms with Crippen LogP contribution in [-0.4, -0.2) is 22.4 Å². The van der Waals surface area contributed by atoms with Gasteiger partial charge in [-0.05, 0) is 54.8 Å². The van der Waals surface area contributed by atoms with Gasteiger partial charge in [-0.15, -0.1) is 0 Å². The molecule has 1 heterocycles. The molecule has 0 radical (unpaired) electrons. The second kappa shape index (κ2) is 8.08. The van der Waals surface area contributed by atoms with E-state index in [0.717, 1.165) is 28.3 Å². The summed E-state index contributed by atoms with van der Waals surface area (Å²) in [5, 5.41) is 6.28. The van der Waals surface area contributed by atoms with Gasteiger partial charge in [0.1, 0.15) is 5.82 Å². The Hall–Kier alpha value is -3.08. The standard InChI is InChI=1S/C22H24N4O/c27-15-24-18-10-8-17(9-11-18)22-23-14-21(26-22)16-6-12-20(13-7-16)25-19-4-2-1-3-5-19/h6-15,19,25H,1-5H2,(H,23,26)(H,24,27). The maximum atomic E-state index is 10.5. The number of imidazole rings is 1. The molecule has 0 atom stereocenters. The molecule has 138 valence electrons. The van der Waals surface area contributed by atoms with E-state index in [4.69, 9.17) is 0 Å². The first-order valence-corrected chi connectivity index (χ1v) is 9.54. The van der Waals surface area contributed by atoms with Gasteiger partial charge in [0.25, 0.3) is 0 Å². The molecule has 0 spiro atoms. The molecule has 0 saturated heterocycles. The smallest absolute Gasteiger partial charge is 0.211 e. The Balaban J connectivity index is 1.45. The fraction of sp³-hybridized carbons (Fsp3) is 0.273. The van der Waals surface area contributed by atoms with E-state index in [1.54, 1.807) is 0 Å². The average Bonchev–Trinajstić information content (AvgIpc) is 3.20. The number of H-pyrrole nitrogens is 1. The summed E-state index contributed by atoms with van der Waals surface area (Å²) in [6.07, 6.45) is 9.11. The molecule has 4 rings (SSSR count). The van der Waals surface area contributed by atoms with E-state index >= 15 is 0 Å². The Morgan fingerprint density at radius 1 is 0.889 bits per heavy atom. The first-order valence-electron chi connectivity index (χ1n) is 9.54. The van der Waals surface area contributed by atoms with Crippen LogP contribution in [0.2, 0.25) is 0 Å². The van der Waals surface area contributed by atoms with Crippen LogP contribution in [0.1, 0.15) is 32.1 Å². The molecular formula is C22H24N4O. The lowest BCUT2D eigenvalue weighted by molar-refractivity contribution is -0.105. The van der Waals surface area contributed by atoms with E-state index < -0.39 is 0 Å². The Labute approximate surface area is 159 Å². The highest BCUT2D eigenvalue weighted by molar-refractivity contribution is 5.73. The number of aromatic nitrogens is 2. The van der Waals surface area contributed by atoms with Gasteiger partial charge in [0.15, 0.2) is 0 Å². The predicted octanol–water partition coefficient (Wildman–Crippen LogP) is 5.06. The maximum Gasteiger partial charge on any atom is 0.211 e. The topological polar surface area (TPSA) is 69.8 Å². The third-order valence-corrected chi connectivity index (χ3v) is 5.13. The molecule has 1 amide bonds. The van der Waals surface area contributed by atoms with Crippen molar-refractivity contribution in [3.63, 3.8) is 0 Å². The minimum Gasteiger partial charge on any atom is -0.382 e. The Bertz CT molecular complexity index is 877. The lowest BCUT2D eigenvalue weighted by Gasteiger charge is -2.23. The summed E-state index contributed by atoms with van der Waals surface area (Å²) in [6.45, 7) is 0. The van der Waals surface area contributed by atoms with E-state index in [1.165, 1.54) is 37.8 Å². The van der Waals surface area contributed by atoms with Crippen molar-refractivity contribution in [2.45, 2.75) is 38.1 Å². The van der Waals surface area contributed by atoms with Gasteiger partial charge in [0.05, 0.1) is 11.9 Å². The molecule has 0 bridgehead atoms. The summed E-state index contributed by atoms with van der Waals surface area (Å²) < 4.78 is 0. The van der Waals surface area contributed by atoms with Gasteiger partial charge in [-0.25, -0.2) is 4.98 Å². The monoisotopic (exact) mass is 360 g/mol. The molecule has 2 aromatic carbocycles. The van der Waals surface area contributed by atoms with Gasteiger partial charge < -0.3 is 15.6 Å². The summed E-state index contributed by atoms with van der Waals surface area (Å²) in [5.41, 5.74) is 5.03. The van der Waals surface area contributed by atoms with Gasteiger partial charge >= 0.3 is 0 Å². The molecule has 1 fully saturated rings. The summed E-state index contributed by atoms with van der Waals surface area (Å²) in [5.74, 6) is 0.812. The van der Waals surface area contributed by atoms with E-state index in [9.17, 15) is 4.79 Å². The van der Waals surface area contributed by atoms with Crippen LogP contribution in [0.3, 0.4) is 0 Å². The minimum atomic E-state index is 0.611. The Morgan fingerprint density at radius 3 is 2.26 bits per heavy atom. The normalized spacial score (nSPS) is 14.7. The van der Waals surface area contributed by atoms with Crippen LogP contribution in [0.4, 0.5) is 11.4 Å². The molecule has 1 aromatic heterocycles. The fourth-order valence-corrected chi connectivity index (χ4v) is 3.64. The molecule has 3 aromatic rings. The highest BCUT2D eigenvalue weighted by atomic mass is 16.1. The predicted molar refractivity (Wildman–Crippen MR) is 110 cm³/mol. The molecule has 3 N–H and O–H groups in total. The van der Waals surface area contributed by atoms with Crippen molar-refractivity contribution < 1.29 is 4.79 Å². The largest absolute Gasteiger partial charge is 0.382 e. The van der Waals surface area contributed by atoms with Crippen molar-refractivity contribution in [2.24, 2.45) is 0 Å². The third-order valence-electron chi connectivity index (χ3n) is 5.13. The van der Waals surface area contributed by atoms with Crippen LogP contribution in [0, 0.1) is 0 Å². The summed E-state index contributed by atoms with van der Waals surface area (Å²) in [4.78, 5) is 18.4. The quantitative estimate of drug-likeness (QED) is 0.538. The van der Waals surface area contributed by atoms with E-state index in [1.807, 2.05) is 30.5 Å². The first-order chi connectivity index (χ1) is 13.3. The SMILES string of the molecule is O=CNc1ccc(-c2ncc(-c3ccc(NC4CCCCC4)cc3)[nH]2)cc1. The first kappa shape index (κ1) is 17.3. The van der Waals surface area contributed by atoms with Crippen molar-refractivity contribution in [1.82, 2.24) is 9.97 Å². The molecule has 0 aliphatic heterocycles. The molecule has 27 heavy (non-hydrogen) atoms. The van der Waals surface area contributed by atoms with Crippen LogP contribution in [0.5, 0.6) is 0 Å². The van der Waals surface area contributed by atoms with Crippen molar-refractivity contribution >= 4 is 17.8 Å². The Morgan fingerprint density at radius 2 is 1.56 bits per heavy atom. The molecule has 0 unspecified atom stereocenters. The van der Waals surface area contributed by atoms with Crippen LogP contribution in [0.25, 0.3) is 22.6 Å². The second-order valence-electron chi connectivity index (χ2n) is 7.04. The summed E-state index contributed by atoms with van der Waals surface area (Å²) in [6, 6.07) is 16.7. The van der Waals surface area contributed by atoms with E-state index in [-0.39, 0.29) is 0 Å². The number of rotatable bonds is 6. The summed E-state index contributed by atoms with van der Waals surface area (Å²) in [7, 11) is 0. The highest BCUT2D eigenvalue weighted by Gasteiger charge is 2.13. The summed E-state index contributed by atoms with van der Waals surface area (Å²) >= 11 is 0. The minimum absolute atomic E-state index is 0.611. The number of anilines is 2. The van der Waals surface area contributed by atoms with Gasteiger partial charge in [-0.2, -0.15) is 0 Å². The lowest BCUT2D eigenvalue weighted by Crippen LogP contribution is -2.22. The van der Waals surface area contributed by atoms with E-state index in [2.05, 4.69) is 44.9 Å². The van der Waals surface area contributed by atoms with Crippen LogP contribution in [0.15, 0.2) is 54.7 Å². The lowest BCUT2D eigenvalue weighted by atomic mass is 9.95. The fourth-order valence-electron chi connectivity index (χ4n) is 3.64. The van der Waals surface area contributed by atoms with E-state index in [0.29, 0.717) is 12.5 Å². The molecule has 1 saturated carbocycles. The molecular weight excluding hydrogens is 336 g/mol. The van der Waals surface area contributed by atoms with Crippen LogP contribution in [-0.2, 0) is 4.79 Å². The number of carbonyl (C=O) groups excluding carboxylic acids is 1. The van der Waals surface area contributed by atoms with Gasteiger partial charge in [-0.1, -0.05) is 31.4 Å². The molecule has 1 aliphatic carbocycles. The average molecular weight is 360 g/mol. The van der Waals surface area contributed by atoms with Crippen molar-refractivity contribution in [1.29, 1.82) is 0 Å². The zero-order chi connectivity index (χ0) is 18.5. The number of benzene rings is 2. The zero-order valence-corrected chi connectivity index (χ0v) is 15.2. The number of hydrogen-bond acceptors (Lipinski definition) is 3. The van der Waals surface area contributed by atoms with Gasteiger partial charge in [0.2, 0.25) is 6.41 Å². The molecule has 1 aliphatic rings. The molecule has 5 nitrogen and oxygen atoms in total. The van der Waals surface area contributed by atoms with Crippen molar-refractivity contribution in [3.05, 3.63) is 54.7 Å². The van der Waals surface area contributed by atoms with Crippen LogP contribution < -0.4 is 10.6 Å². The molecule has 5 heteroatoms. The van der Waals surface area contributed by atoms with Crippen molar-refractivity contribution in [2.75, 3.05) is 10.6 Å².